The maximum Gasteiger partial charge on any atom is 0.412 e. The molecule has 1 unspecified atom stereocenters. The van der Waals surface area contributed by atoms with E-state index in [0.29, 0.717) is 12.0 Å². The maximum absolute atomic E-state index is 13.5. The van der Waals surface area contributed by atoms with Crippen LogP contribution in [0.15, 0.2) is 30.3 Å². The molecule has 0 aliphatic carbocycles. The summed E-state index contributed by atoms with van der Waals surface area (Å²) in [5.74, 6) is -0.373. The van der Waals surface area contributed by atoms with Gasteiger partial charge in [-0.2, -0.15) is 0 Å². The molecular weight excluding hydrogens is 514 g/mol. The van der Waals surface area contributed by atoms with Crippen molar-refractivity contribution in [1.82, 2.24) is 4.90 Å². The third-order valence-electron chi connectivity index (χ3n) is 8.69. The number of unbranched alkanes of at least 4 members (excludes halogenated alkanes) is 12. The van der Waals surface area contributed by atoms with E-state index >= 15 is 0 Å². The van der Waals surface area contributed by atoms with Crippen molar-refractivity contribution < 1.29 is 23.8 Å². The number of carbonyl (C=O) groups is 2. The molecule has 234 valence electrons. The van der Waals surface area contributed by atoms with Crippen LogP contribution in [-0.4, -0.2) is 47.5 Å². The van der Waals surface area contributed by atoms with E-state index in [1.807, 2.05) is 32.0 Å². The van der Waals surface area contributed by atoms with Gasteiger partial charge in [-0.25, -0.2) is 9.59 Å². The van der Waals surface area contributed by atoms with Gasteiger partial charge in [0.2, 0.25) is 0 Å². The van der Waals surface area contributed by atoms with Crippen LogP contribution < -0.4 is 0 Å². The lowest BCUT2D eigenvalue weighted by Crippen LogP contribution is -2.68. The van der Waals surface area contributed by atoms with E-state index in [1.165, 1.54) is 70.6 Å². The van der Waals surface area contributed by atoms with Gasteiger partial charge in [0.05, 0.1) is 18.8 Å². The first-order valence-corrected chi connectivity index (χ1v) is 16.4. The fourth-order valence-corrected chi connectivity index (χ4v) is 6.25. The molecule has 2 rings (SSSR count). The summed E-state index contributed by atoms with van der Waals surface area (Å²) in [6.45, 7) is 14.7. The van der Waals surface area contributed by atoms with Gasteiger partial charge in [-0.15, -0.1) is 0 Å². The fourth-order valence-electron chi connectivity index (χ4n) is 6.25. The molecule has 0 spiro atoms. The first-order valence-electron chi connectivity index (χ1n) is 16.4. The lowest BCUT2D eigenvalue weighted by atomic mass is 9.68. The zero-order valence-corrected chi connectivity index (χ0v) is 27.3. The molecule has 1 amide bonds. The van der Waals surface area contributed by atoms with Crippen molar-refractivity contribution >= 4 is 12.1 Å². The van der Waals surface area contributed by atoms with E-state index in [1.54, 1.807) is 24.0 Å². The molecule has 0 aromatic heterocycles. The van der Waals surface area contributed by atoms with Gasteiger partial charge in [0.25, 0.3) is 0 Å². The van der Waals surface area contributed by atoms with E-state index in [4.69, 9.17) is 14.2 Å². The molecule has 1 aliphatic rings. The molecule has 1 fully saturated rings. The number of benzene rings is 1. The average Bonchev–Trinajstić information content (AvgIpc) is 3.23. The van der Waals surface area contributed by atoms with Gasteiger partial charge in [-0.1, -0.05) is 123 Å². The van der Waals surface area contributed by atoms with Crippen LogP contribution >= 0.6 is 0 Å². The van der Waals surface area contributed by atoms with Crippen molar-refractivity contribution in [2.75, 3.05) is 13.2 Å². The van der Waals surface area contributed by atoms with Crippen molar-refractivity contribution in [3.63, 3.8) is 0 Å². The predicted octanol–water partition coefficient (Wildman–Crippen LogP) is 9.70. The van der Waals surface area contributed by atoms with Crippen LogP contribution in [0.5, 0.6) is 0 Å². The molecule has 1 aliphatic heterocycles. The fraction of sp³-hybridized carbons (Fsp3) is 0.771. The number of esters is 1. The van der Waals surface area contributed by atoms with E-state index in [9.17, 15) is 9.59 Å². The lowest BCUT2D eigenvalue weighted by molar-refractivity contribution is -0.103. The highest BCUT2D eigenvalue weighted by Gasteiger charge is 2.65. The largest absolute Gasteiger partial charge is 0.456 e. The molecule has 0 N–H and O–H groups in total. The highest BCUT2D eigenvalue weighted by atomic mass is 16.6. The van der Waals surface area contributed by atoms with Gasteiger partial charge in [-0.3, -0.25) is 4.90 Å². The minimum absolute atomic E-state index is 0.263. The van der Waals surface area contributed by atoms with E-state index in [2.05, 4.69) is 27.7 Å². The SMILES string of the molecule is CCCCCCCCCCCCCCC[C@@H](OC(=O)c1ccccc1)C1(C(C)(C)C)COC(C)(C)N1C(=O)OCC. The number of amides is 1. The highest BCUT2D eigenvalue weighted by molar-refractivity contribution is 5.89. The van der Waals surface area contributed by atoms with E-state index in [0.717, 1.165) is 12.8 Å². The molecular formula is C35H59NO5. The van der Waals surface area contributed by atoms with Crippen LogP contribution in [0.1, 0.15) is 149 Å². The number of hydrogen-bond donors (Lipinski definition) is 0. The predicted molar refractivity (Wildman–Crippen MR) is 167 cm³/mol. The number of ether oxygens (including phenoxy) is 3. The summed E-state index contributed by atoms with van der Waals surface area (Å²) in [6, 6.07) is 9.10. The van der Waals surface area contributed by atoms with Crippen LogP contribution in [0.4, 0.5) is 4.79 Å². The first kappa shape index (κ1) is 35.1. The van der Waals surface area contributed by atoms with Crippen LogP contribution in [0.3, 0.4) is 0 Å². The quantitative estimate of drug-likeness (QED) is 0.129. The Kier molecular flexibility index (Phi) is 14.7. The van der Waals surface area contributed by atoms with Crippen molar-refractivity contribution in [2.24, 2.45) is 5.41 Å². The Hall–Kier alpha value is -2.08. The summed E-state index contributed by atoms with van der Waals surface area (Å²) < 4.78 is 18.2. The Morgan fingerprint density at radius 1 is 0.854 bits per heavy atom. The number of rotatable bonds is 18. The second kappa shape index (κ2) is 17.1. The first-order chi connectivity index (χ1) is 19.5. The summed E-state index contributed by atoms with van der Waals surface area (Å²) in [5.41, 5.74) is -1.73. The molecule has 1 aromatic rings. The lowest BCUT2D eigenvalue weighted by Gasteiger charge is -2.52. The normalized spacial score (nSPS) is 19.2. The van der Waals surface area contributed by atoms with Crippen molar-refractivity contribution in [2.45, 2.75) is 156 Å². The van der Waals surface area contributed by atoms with Gasteiger partial charge in [0.15, 0.2) is 0 Å². The Bertz CT molecular complexity index is 894. The summed E-state index contributed by atoms with van der Waals surface area (Å²) in [6.07, 6.45) is 16.2. The van der Waals surface area contributed by atoms with Gasteiger partial charge in [-0.05, 0) is 51.2 Å². The standard InChI is InChI=1S/C35H59NO5/c1-8-10-11-12-13-14-15-16-17-18-19-20-24-27-30(41-31(37)29-25-22-21-23-26-29)35(33(3,4)5)28-40-34(6,7)36(35)32(38)39-9-2/h21-23,25-26,30H,8-20,24,27-28H2,1-7H3/t30-,35?/m1/s1. The molecule has 1 aromatic carbocycles. The number of nitrogens with zero attached hydrogens (tertiary/aromatic N) is 1. The Balaban J connectivity index is 2.08. The van der Waals surface area contributed by atoms with Gasteiger partial charge in [0.1, 0.15) is 17.4 Å². The Labute approximate surface area is 250 Å². The van der Waals surface area contributed by atoms with Crippen LogP contribution in [0.25, 0.3) is 0 Å². The topological polar surface area (TPSA) is 65.1 Å². The average molecular weight is 574 g/mol. The summed E-state index contributed by atoms with van der Waals surface area (Å²) in [5, 5.41) is 0. The van der Waals surface area contributed by atoms with Crippen molar-refractivity contribution in [1.29, 1.82) is 0 Å². The van der Waals surface area contributed by atoms with Gasteiger partial charge < -0.3 is 14.2 Å². The maximum atomic E-state index is 13.5. The Morgan fingerprint density at radius 3 is 1.85 bits per heavy atom. The molecule has 0 radical (unpaired) electrons. The Morgan fingerprint density at radius 2 is 1.37 bits per heavy atom. The smallest absolute Gasteiger partial charge is 0.412 e. The van der Waals surface area contributed by atoms with Crippen molar-refractivity contribution in [3.8, 4) is 0 Å². The number of carbonyl (C=O) groups excluding carboxylic acids is 2. The third-order valence-corrected chi connectivity index (χ3v) is 8.69. The molecule has 6 nitrogen and oxygen atoms in total. The summed E-state index contributed by atoms with van der Waals surface area (Å²) >= 11 is 0. The summed E-state index contributed by atoms with van der Waals surface area (Å²) in [7, 11) is 0. The molecule has 1 heterocycles. The monoisotopic (exact) mass is 573 g/mol. The van der Waals surface area contributed by atoms with Gasteiger partial charge in [0, 0.05) is 0 Å². The zero-order valence-electron chi connectivity index (χ0n) is 27.3. The molecule has 41 heavy (non-hydrogen) atoms. The molecule has 0 saturated carbocycles. The zero-order chi connectivity index (χ0) is 30.4. The second-order valence-electron chi connectivity index (χ2n) is 13.2. The highest BCUT2D eigenvalue weighted by Crippen LogP contribution is 2.50. The van der Waals surface area contributed by atoms with Crippen molar-refractivity contribution in [3.05, 3.63) is 35.9 Å². The second-order valence-corrected chi connectivity index (χ2v) is 13.2. The molecule has 6 heteroatoms. The number of hydrogen-bond acceptors (Lipinski definition) is 5. The minimum Gasteiger partial charge on any atom is -0.456 e. The van der Waals surface area contributed by atoms with E-state index in [-0.39, 0.29) is 19.2 Å². The van der Waals surface area contributed by atoms with Gasteiger partial charge >= 0.3 is 12.1 Å². The van der Waals surface area contributed by atoms with Crippen LogP contribution in [0, 0.1) is 5.41 Å². The third kappa shape index (κ3) is 10.0. The molecule has 1 saturated heterocycles. The summed E-state index contributed by atoms with van der Waals surface area (Å²) in [4.78, 5) is 28.6. The molecule has 0 bridgehead atoms. The van der Waals surface area contributed by atoms with Crippen LogP contribution in [-0.2, 0) is 14.2 Å². The minimum atomic E-state index is -0.896. The van der Waals surface area contributed by atoms with Crippen LogP contribution in [0.2, 0.25) is 0 Å². The molecule has 2 atom stereocenters. The van der Waals surface area contributed by atoms with E-state index < -0.39 is 28.9 Å².